The Balaban J connectivity index is 3.16. The Bertz CT molecular complexity index is 408. The molecule has 0 aliphatic carbocycles. The van der Waals surface area contributed by atoms with Crippen LogP contribution in [0.5, 0.6) is 11.6 Å². The van der Waals surface area contributed by atoms with Crippen LogP contribution in [-0.2, 0) is 5.33 Å². The minimum absolute atomic E-state index is 0.175. The van der Waals surface area contributed by atoms with Gasteiger partial charge in [-0.2, -0.15) is 0 Å². The van der Waals surface area contributed by atoms with Gasteiger partial charge in [-0.05, 0) is 11.6 Å². The van der Waals surface area contributed by atoms with Crippen molar-refractivity contribution in [1.29, 1.82) is 0 Å². The van der Waals surface area contributed by atoms with Gasteiger partial charge in [-0.1, -0.05) is 15.9 Å². The van der Waals surface area contributed by atoms with Crippen molar-refractivity contribution in [3.8, 4) is 11.6 Å². The van der Waals surface area contributed by atoms with Crippen LogP contribution in [0, 0.1) is 0 Å². The summed E-state index contributed by atoms with van der Waals surface area (Å²) in [5, 5.41) is 9.36. The number of aromatic nitrogens is 1. The molecule has 0 atom stereocenters. The molecule has 88 valence electrons. The van der Waals surface area contributed by atoms with E-state index in [9.17, 15) is 23.1 Å². The van der Waals surface area contributed by atoms with Crippen molar-refractivity contribution in [2.45, 2.75) is 11.7 Å². The van der Waals surface area contributed by atoms with Gasteiger partial charge in [-0.15, -0.1) is 13.2 Å². The van der Waals surface area contributed by atoms with Crippen LogP contribution < -0.4 is 4.74 Å². The van der Waals surface area contributed by atoms with Crippen LogP contribution in [0.25, 0.3) is 0 Å². The number of rotatable bonds is 3. The summed E-state index contributed by atoms with van der Waals surface area (Å²) in [4.78, 5) is 13.8. The predicted molar refractivity (Wildman–Crippen MR) is 50.6 cm³/mol. The Morgan fingerprint density at radius 1 is 1.56 bits per heavy atom. The SMILES string of the molecule is O=Cc1nc(OC(F)(F)F)c(O)cc1CBr. The van der Waals surface area contributed by atoms with Crippen molar-refractivity contribution >= 4 is 22.2 Å². The van der Waals surface area contributed by atoms with E-state index in [1.54, 1.807) is 0 Å². The van der Waals surface area contributed by atoms with Gasteiger partial charge < -0.3 is 9.84 Å². The van der Waals surface area contributed by atoms with Gasteiger partial charge in [-0.3, -0.25) is 4.79 Å². The van der Waals surface area contributed by atoms with Crippen molar-refractivity contribution in [2.75, 3.05) is 0 Å². The lowest BCUT2D eigenvalue weighted by molar-refractivity contribution is -0.276. The maximum absolute atomic E-state index is 11.9. The normalized spacial score (nSPS) is 11.2. The second-order valence-corrected chi connectivity index (χ2v) is 3.22. The molecule has 0 saturated carbocycles. The summed E-state index contributed by atoms with van der Waals surface area (Å²) in [5.74, 6) is -1.82. The molecular weight excluding hydrogens is 295 g/mol. The first-order chi connectivity index (χ1) is 7.37. The molecule has 0 fully saturated rings. The van der Waals surface area contributed by atoms with Crippen LogP contribution in [0.4, 0.5) is 13.2 Å². The highest BCUT2D eigenvalue weighted by atomic mass is 79.9. The van der Waals surface area contributed by atoms with Crippen molar-refractivity contribution in [2.24, 2.45) is 0 Å². The van der Waals surface area contributed by atoms with E-state index in [-0.39, 0.29) is 22.9 Å². The monoisotopic (exact) mass is 299 g/mol. The molecule has 0 aromatic carbocycles. The third kappa shape index (κ3) is 3.09. The molecule has 1 rings (SSSR count). The van der Waals surface area contributed by atoms with E-state index in [4.69, 9.17) is 0 Å². The second kappa shape index (κ2) is 4.69. The number of hydrogen-bond donors (Lipinski definition) is 1. The number of pyridine rings is 1. The molecule has 1 heterocycles. The van der Waals surface area contributed by atoms with Gasteiger partial charge in [0.2, 0.25) is 0 Å². The van der Waals surface area contributed by atoms with Crippen LogP contribution in [0.1, 0.15) is 16.1 Å². The third-order valence-electron chi connectivity index (χ3n) is 1.55. The topological polar surface area (TPSA) is 59.4 Å². The molecule has 1 N–H and O–H groups in total. The molecule has 1 aromatic rings. The summed E-state index contributed by atoms with van der Waals surface area (Å²) in [5.41, 5.74) is 0.0379. The fraction of sp³-hybridized carbons (Fsp3) is 0.250. The maximum Gasteiger partial charge on any atom is 0.574 e. The number of alkyl halides is 4. The fourth-order valence-corrected chi connectivity index (χ4v) is 1.38. The third-order valence-corrected chi connectivity index (χ3v) is 2.15. The van der Waals surface area contributed by atoms with Gasteiger partial charge in [0.15, 0.2) is 12.0 Å². The lowest BCUT2D eigenvalue weighted by atomic mass is 10.2. The van der Waals surface area contributed by atoms with Crippen molar-refractivity contribution in [3.05, 3.63) is 17.3 Å². The molecule has 1 aromatic heterocycles. The molecule has 0 aliphatic rings. The number of carbonyl (C=O) groups is 1. The van der Waals surface area contributed by atoms with Crippen molar-refractivity contribution in [3.63, 3.8) is 0 Å². The minimum atomic E-state index is -4.97. The highest BCUT2D eigenvalue weighted by Crippen LogP contribution is 2.31. The Morgan fingerprint density at radius 3 is 2.62 bits per heavy atom. The standard InChI is InChI=1S/C8H5BrF3NO3/c9-2-4-1-6(15)7(13-5(4)3-14)16-8(10,11)12/h1,3,15H,2H2. The van der Waals surface area contributed by atoms with E-state index in [1.807, 2.05) is 0 Å². The average Bonchev–Trinajstić information content (AvgIpc) is 2.18. The highest BCUT2D eigenvalue weighted by Gasteiger charge is 2.33. The fourth-order valence-electron chi connectivity index (χ4n) is 0.933. The highest BCUT2D eigenvalue weighted by molar-refractivity contribution is 9.08. The number of nitrogens with zero attached hydrogens (tertiary/aromatic N) is 1. The number of carbonyl (C=O) groups excluding carboxylic acids is 1. The molecule has 0 saturated heterocycles. The molecule has 16 heavy (non-hydrogen) atoms. The molecule has 0 radical (unpaired) electrons. The van der Waals surface area contributed by atoms with E-state index >= 15 is 0 Å². The predicted octanol–water partition coefficient (Wildman–Crippen LogP) is 2.39. The first-order valence-electron chi connectivity index (χ1n) is 3.87. The van der Waals surface area contributed by atoms with E-state index < -0.39 is 18.0 Å². The zero-order valence-corrected chi connectivity index (χ0v) is 9.17. The molecule has 0 aliphatic heterocycles. The first kappa shape index (κ1) is 12.8. The van der Waals surface area contributed by atoms with Crippen LogP contribution in [0.3, 0.4) is 0 Å². The number of hydrogen-bond acceptors (Lipinski definition) is 4. The summed E-state index contributed by atoms with van der Waals surface area (Å²) in [6, 6.07) is 0.979. The molecule has 0 unspecified atom stereocenters. The largest absolute Gasteiger partial charge is 0.574 e. The summed E-state index contributed by atoms with van der Waals surface area (Å²) >= 11 is 3.00. The van der Waals surface area contributed by atoms with Gasteiger partial charge in [0, 0.05) is 5.33 Å². The summed E-state index contributed by atoms with van der Waals surface area (Å²) < 4.78 is 39.0. The molecular formula is C8H5BrF3NO3. The van der Waals surface area contributed by atoms with Gasteiger partial charge in [0.05, 0.1) is 0 Å². The summed E-state index contributed by atoms with van der Waals surface area (Å²) in [6.45, 7) is 0. The Morgan fingerprint density at radius 2 is 2.19 bits per heavy atom. The van der Waals surface area contributed by atoms with Crippen molar-refractivity contribution < 1.29 is 27.8 Å². The summed E-state index contributed by atoms with van der Waals surface area (Å²) in [6.07, 6.45) is -4.69. The molecule has 0 spiro atoms. The summed E-state index contributed by atoms with van der Waals surface area (Å²) in [7, 11) is 0. The van der Waals surface area contributed by atoms with E-state index in [2.05, 4.69) is 25.7 Å². The second-order valence-electron chi connectivity index (χ2n) is 2.66. The average molecular weight is 300 g/mol. The van der Waals surface area contributed by atoms with E-state index in [0.29, 0.717) is 0 Å². The number of aldehydes is 1. The van der Waals surface area contributed by atoms with Crippen LogP contribution >= 0.6 is 15.9 Å². The molecule has 0 amide bonds. The first-order valence-corrected chi connectivity index (χ1v) is 4.99. The smallest absolute Gasteiger partial charge is 0.503 e. The zero-order chi connectivity index (χ0) is 12.3. The molecule has 8 heteroatoms. The van der Waals surface area contributed by atoms with Gasteiger partial charge in [0.25, 0.3) is 5.88 Å². The van der Waals surface area contributed by atoms with E-state index in [1.165, 1.54) is 0 Å². The van der Waals surface area contributed by atoms with E-state index in [0.717, 1.165) is 6.07 Å². The Kier molecular flexibility index (Phi) is 3.74. The maximum atomic E-state index is 11.9. The number of ether oxygens (including phenoxy) is 1. The van der Waals surface area contributed by atoms with Gasteiger partial charge in [-0.25, -0.2) is 4.98 Å². The van der Waals surface area contributed by atoms with Crippen LogP contribution in [0.2, 0.25) is 0 Å². The van der Waals surface area contributed by atoms with Crippen LogP contribution in [-0.4, -0.2) is 22.7 Å². The number of halogens is 4. The Labute approximate surface area is 96.2 Å². The quantitative estimate of drug-likeness (QED) is 0.688. The van der Waals surface area contributed by atoms with Gasteiger partial charge >= 0.3 is 6.36 Å². The van der Waals surface area contributed by atoms with Crippen LogP contribution in [0.15, 0.2) is 6.07 Å². The number of aromatic hydroxyl groups is 1. The minimum Gasteiger partial charge on any atom is -0.503 e. The lowest BCUT2D eigenvalue weighted by Crippen LogP contribution is -2.18. The lowest BCUT2D eigenvalue weighted by Gasteiger charge is -2.10. The molecule has 4 nitrogen and oxygen atoms in total. The zero-order valence-electron chi connectivity index (χ0n) is 7.58. The van der Waals surface area contributed by atoms with Gasteiger partial charge in [0.1, 0.15) is 5.69 Å². The van der Waals surface area contributed by atoms with Crippen molar-refractivity contribution in [1.82, 2.24) is 4.98 Å². The Hall–Kier alpha value is -1.31. The molecule has 0 bridgehead atoms.